The van der Waals surface area contributed by atoms with Crippen LogP contribution in [-0.2, 0) is 11.0 Å². The zero-order valence-electron chi connectivity index (χ0n) is 13.4. The molecule has 3 rings (SSSR count). The van der Waals surface area contributed by atoms with Crippen LogP contribution < -0.4 is 0 Å². The van der Waals surface area contributed by atoms with E-state index in [-0.39, 0.29) is 17.2 Å². The van der Waals surface area contributed by atoms with E-state index in [1.807, 2.05) is 0 Å². The van der Waals surface area contributed by atoms with Crippen LogP contribution in [0, 0.1) is 0 Å². The molecule has 24 heavy (non-hydrogen) atoms. The monoisotopic (exact) mass is 358 g/mol. The van der Waals surface area contributed by atoms with Gasteiger partial charge in [0.1, 0.15) is 5.37 Å². The van der Waals surface area contributed by atoms with E-state index in [4.69, 9.17) is 0 Å². The molecule has 132 valence electrons. The van der Waals surface area contributed by atoms with Gasteiger partial charge in [-0.05, 0) is 37.6 Å². The summed E-state index contributed by atoms with van der Waals surface area (Å²) in [6.45, 7) is 3.25. The average Bonchev–Trinajstić information content (AvgIpc) is 2.94. The van der Waals surface area contributed by atoms with Crippen molar-refractivity contribution in [2.24, 2.45) is 0 Å². The molecule has 0 spiro atoms. The summed E-state index contributed by atoms with van der Waals surface area (Å²) in [6, 6.07) is 5.59. The lowest BCUT2D eigenvalue weighted by Gasteiger charge is -2.31. The van der Waals surface area contributed by atoms with Crippen LogP contribution in [0.2, 0.25) is 0 Å². The summed E-state index contributed by atoms with van der Waals surface area (Å²) >= 11 is 1.29. The number of carbonyl (C=O) groups is 1. The predicted molar refractivity (Wildman–Crippen MR) is 88.6 cm³/mol. The summed E-state index contributed by atoms with van der Waals surface area (Å²) in [4.78, 5) is 16.1. The number of halogens is 3. The highest BCUT2D eigenvalue weighted by Gasteiger charge is 2.40. The lowest BCUT2D eigenvalue weighted by atomic mass is 10.1. The second kappa shape index (κ2) is 7.35. The number of likely N-dealkylation sites (tertiary alicyclic amines) is 1. The summed E-state index contributed by atoms with van der Waals surface area (Å²) in [7, 11) is 0. The Morgan fingerprint density at radius 3 is 2.50 bits per heavy atom. The molecule has 1 aromatic rings. The number of benzene rings is 1. The lowest BCUT2D eigenvalue weighted by molar-refractivity contribution is -0.139. The van der Waals surface area contributed by atoms with Gasteiger partial charge in [-0.3, -0.25) is 4.79 Å². The molecule has 3 nitrogen and oxygen atoms in total. The lowest BCUT2D eigenvalue weighted by Crippen LogP contribution is -2.39. The first kappa shape index (κ1) is 17.6. The fourth-order valence-corrected chi connectivity index (χ4v) is 4.61. The minimum absolute atomic E-state index is 0.0704. The Balaban J connectivity index is 1.76. The largest absolute Gasteiger partial charge is 0.416 e. The number of alkyl halides is 3. The van der Waals surface area contributed by atoms with Gasteiger partial charge in [0.25, 0.3) is 0 Å². The molecule has 2 aliphatic heterocycles. The first-order valence-corrected chi connectivity index (χ1v) is 9.31. The van der Waals surface area contributed by atoms with Gasteiger partial charge in [0.05, 0.1) is 11.3 Å². The smallest absolute Gasteiger partial charge is 0.325 e. The highest BCUT2D eigenvalue weighted by atomic mass is 32.2. The molecule has 2 aliphatic rings. The topological polar surface area (TPSA) is 23.6 Å². The van der Waals surface area contributed by atoms with Crippen molar-refractivity contribution >= 4 is 17.7 Å². The quantitative estimate of drug-likeness (QED) is 0.819. The Hall–Kier alpha value is -1.21. The van der Waals surface area contributed by atoms with Gasteiger partial charge < -0.3 is 9.80 Å². The van der Waals surface area contributed by atoms with Crippen LogP contribution in [0.1, 0.15) is 35.8 Å². The molecule has 2 saturated heterocycles. The maximum atomic E-state index is 13.3. The Bertz CT molecular complexity index is 587. The number of carbonyl (C=O) groups excluding carboxylic acids is 1. The van der Waals surface area contributed by atoms with E-state index >= 15 is 0 Å². The maximum Gasteiger partial charge on any atom is 0.416 e. The highest BCUT2D eigenvalue weighted by Crippen LogP contribution is 2.44. The molecule has 0 bridgehead atoms. The van der Waals surface area contributed by atoms with E-state index in [9.17, 15) is 18.0 Å². The van der Waals surface area contributed by atoms with E-state index in [1.54, 1.807) is 11.0 Å². The van der Waals surface area contributed by atoms with Crippen molar-refractivity contribution in [2.45, 2.75) is 30.8 Å². The molecule has 0 aromatic heterocycles. The Labute approximate surface area is 144 Å². The molecule has 7 heteroatoms. The van der Waals surface area contributed by atoms with Gasteiger partial charge in [-0.15, -0.1) is 11.8 Å². The number of nitrogens with zero attached hydrogens (tertiary/aromatic N) is 2. The summed E-state index contributed by atoms with van der Waals surface area (Å²) in [6.07, 6.45) is -0.857. The van der Waals surface area contributed by atoms with E-state index < -0.39 is 17.1 Å². The van der Waals surface area contributed by atoms with Crippen molar-refractivity contribution in [3.8, 4) is 0 Å². The molecule has 0 aliphatic carbocycles. The maximum absolute atomic E-state index is 13.3. The molecular formula is C17H21F3N2OS. The number of rotatable bonds is 4. The Morgan fingerprint density at radius 2 is 1.79 bits per heavy atom. The van der Waals surface area contributed by atoms with Crippen molar-refractivity contribution < 1.29 is 18.0 Å². The summed E-state index contributed by atoms with van der Waals surface area (Å²) in [5.41, 5.74) is -0.445. The molecule has 1 aromatic carbocycles. The van der Waals surface area contributed by atoms with Gasteiger partial charge in [-0.1, -0.05) is 24.6 Å². The van der Waals surface area contributed by atoms with Crippen LogP contribution in [0.3, 0.4) is 0 Å². The third kappa shape index (κ3) is 3.88. The van der Waals surface area contributed by atoms with Crippen LogP contribution in [0.4, 0.5) is 13.2 Å². The molecule has 0 radical (unpaired) electrons. The van der Waals surface area contributed by atoms with Crippen LogP contribution in [0.5, 0.6) is 0 Å². The first-order valence-electron chi connectivity index (χ1n) is 8.26. The van der Waals surface area contributed by atoms with Gasteiger partial charge >= 0.3 is 6.18 Å². The van der Waals surface area contributed by atoms with E-state index in [0.717, 1.165) is 38.5 Å². The molecular weight excluding hydrogens is 337 g/mol. The van der Waals surface area contributed by atoms with E-state index in [1.165, 1.54) is 30.3 Å². The molecule has 2 fully saturated rings. The van der Waals surface area contributed by atoms with E-state index in [2.05, 4.69) is 4.90 Å². The molecule has 1 unspecified atom stereocenters. The predicted octanol–water partition coefficient (Wildman–Crippen LogP) is 3.77. The number of amides is 1. The van der Waals surface area contributed by atoms with Crippen molar-refractivity contribution in [1.29, 1.82) is 0 Å². The second-order valence-electron chi connectivity index (χ2n) is 6.24. The van der Waals surface area contributed by atoms with E-state index in [0.29, 0.717) is 6.54 Å². The average molecular weight is 358 g/mol. The fraction of sp³-hybridized carbons (Fsp3) is 0.588. The third-order valence-electron chi connectivity index (χ3n) is 4.61. The van der Waals surface area contributed by atoms with Crippen molar-refractivity contribution in [2.75, 3.05) is 31.9 Å². The van der Waals surface area contributed by atoms with Crippen LogP contribution >= 0.6 is 11.8 Å². The van der Waals surface area contributed by atoms with Crippen LogP contribution in [-0.4, -0.2) is 47.6 Å². The minimum Gasteiger partial charge on any atom is -0.325 e. The highest BCUT2D eigenvalue weighted by molar-refractivity contribution is 8.00. The number of hydrogen-bond acceptors (Lipinski definition) is 3. The SMILES string of the molecule is O=C1CSC(c2ccccc2C(F)(F)F)N1CCN1CCCCC1. The number of thioether (sulfide) groups is 1. The standard InChI is InChI=1S/C17H21F3N2OS/c18-17(19,20)14-7-3-2-6-13(14)16-22(15(23)12-24-16)11-10-21-8-4-1-5-9-21/h2-3,6-7,16H,1,4-5,8-12H2. The van der Waals surface area contributed by atoms with Gasteiger partial charge in [0, 0.05) is 13.1 Å². The second-order valence-corrected chi connectivity index (χ2v) is 7.31. The Kier molecular flexibility index (Phi) is 5.39. The summed E-state index contributed by atoms with van der Waals surface area (Å²) < 4.78 is 39.8. The summed E-state index contributed by atoms with van der Waals surface area (Å²) in [5.74, 6) is 0.177. The first-order chi connectivity index (χ1) is 11.5. The summed E-state index contributed by atoms with van der Waals surface area (Å²) in [5, 5.41) is -0.542. The number of piperidine rings is 1. The van der Waals surface area contributed by atoms with Gasteiger partial charge in [-0.25, -0.2) is 0 Å². The molecule has 1 atom stereocenters. The van der Waals surface area contributed by atoms with Gasteiger partial charge in [0.15, 0.2) is 0 Å². The molecule has 1 amide bonds. The Morgan fingerprint density at radius 1 is 1.08 bits per heavy atom. The van der Waals surface area contributed by atoms with Gasteiger partial charge in [-0.2, -0.15) is 13.2 Å². The number of hydrogen-bond donors (Lipinski definition) is 0. The molecule has 0 saturated carbocycles. The normalized spacial score (nSPS) is 23.0. The van der Waals surface area contributed by atoms with Crippen LogP contribution in [0.25, 0.3) is 0 Å². The zero-order valence-corrected chi connectivity index (χ0v) is 14.2. The zero-order chi connectivity index (χ0) is 17.2. The van der Waals surface area contributed by atoms with Crippen molar-refractivity contribution in [3.63, 3.8) is 0 Å². The van der Waals surface area contributed by atoms with Crippen molar-refractivity contribution in [3.05, 3.63) is 35.4 Å². The molecule has 0 N–H and O–H groups in total. The van der Waals surface area contributed by atoms with Crippen LogP contribution in [0.15, 0.2) is 24.3 Å². The minimum atomic E-state index is -4.40. The third-order valence-corrected chi connectivity index (χ3v) is 5.84. The van der Waals surface area contributed by atoms with Gasteiger partial charge in [0.2, 0.25) is 5.91 Å². The van der Waals surface area contributed by atoms with Crippen molar-refractivity contribution in [1.82, 2.24) is 9.80 Å². The fourth-order valence-electron chi connectivity index (χ4n) is 3.36. The molecule has 2 heterocycles.